The summed E-state index contributed by atoms with van der Waals surface area (Å²) in [7, 11) is 3.03. The van der Waals surface area contributed by atoms with Crippen molar-refractivity contribution in [3.05, 3.63) is 56.7 Å². The number of benzene rings is 1. The van der Waals surface area contributed by atoms with Gasteiger partial charge in [-0.1, -0.05) is 18.2 Å². The van der Waals surface area contributed by atoms with Crippen molar-refractivity contribution in [3.8, 4) is 0 Å². The number of rotatable bonds is 5. The monoisotopic (exact) mass is 422 g/mol. The van der Waals surface area contributed by atoms with E-state index in [2.05, 4.69) is 20.5 Å². The summed E-state index contributed by atoms with van der Waals surface area (Å²) in [6, 6.07) is 9.32. The highest BCUT2D eigenvalue weighted by Gasteiger charge is 2.20. The van der Waals surface area contributed by atoms with E-state index in [1.54, 1.807) is 13.1 Å². The summed E-state index contributed by atoms with van der Waals surface area (Å²) >= 11 is 0. The van der Waals surface area contributed by atoms with Gasteiger partial charge < -0.3 is 15.5 Å². The number of hydrogen-bond acceptors (Lipinski definition) is 6. The maximum Gasteiger partial charge on any atom is 0.332 e. The highest BCUT2D eigenvalue weighted by molar-refractivity contribution is 5.97. The first-order chi connectivity index (χ1) is 14.9. The lowest BCUT2D eigenvalue weighted by molar-refractivity contribution is -0.114. The van der Waals surface area contributed by atoms with Crippen LogP contribution in [0.1, 0.15) is 18.4 Å². The number of nitrogens with zero attached hydrogens (tertiary/aromatic N) is 4. The minimum absolute atomic E-state index is 0.0289. The number of pyridine rings is 1. The van der Waals surface area contributed by atoms with Crippen LogP contribution in [0.4, 0.5) is 17.2 Å². The van der Waals surface area contributed by atoms with Gasteiger partial charge in [-0.05, 0) is 31.4 Å². The van der Waals surface area contributed by atoms with Crippen LogP contribution in [0.3, 0.4) is 0 Å². The van der Waals surface area contributed by atoms with Crippen molar-refractivity contribution in [1.29, 1.82) is 0 Å². The Labute approximate surface area is 179 Å². The third-order valence-electron chi connectivity index (χ3n) is 5.69. The van der Waals surface area contributed by atoms with E-state index < -0.39 is 11.2 Å². The predicted octanol–water partition coefficient (Wildman–Crippen LogP) is 1.59. The predicted molar refractivity (Wildman–Crippen MR) is 122 cm³/mol. The number of aryl methyl sites for hydroxylation is 2. The number of hydrogen-bond donors (Lipinski definition) is 2. The van der Waals surface area contributed by atoms with E-state index in [0.717, 1.165) is 41.7 Å². The van der Waals surface area contributed by atoms with Crippen molar-refractivity contribution in [1.82, 2.24) is 14.1 Å². The summed E-state index contributed by atoms with van der Waals surface area (Å²) in [6.45, 7) is 3.62. The van der Waals surface area contributed by atoms with Gasteiger partial charge in [0.1, 0.15) is 11.2 Å². The highest BCUT2D eigenvalue weighted by atomic mass is 16.2. The number of aromatic nitrogens is 3. The fourth-order valence-electron chi connectivity index (χ4n) is 3.87. The van der Waals surface area contributed by atoms with Crippen molar-refractivity contribution in [3.63, 3.8) is 0 Å². The number of carbonyl (C=O) groups is 1. The van der Waals surface area contributed by atoms with E-state index >= 15 is 0 Å². The molecule has 0 aliphatic carbocycles. The number of para-hydroxylation sites is 1. The standard InChI is InChI=1S/C22H26N6O3/c1-14-8-4-5-9-15(14)24-18(29)13-23-16-12-17(28-10-6-7-11-28)25-20-19(16)21(30)27(3)22(31)26(20)2/h4-5,8-9,12H,6-7,10-11,13H2,1-3H3,(H,23,25)(H,24,29). The van der Waals surface area contributed by atoms with Crippen LogP contribution in [0.25, 0.3) is 11.0 Å². The average molecular weight is 422 g/mol. The number of anilines is 3. The van der Waals surface area contributed by atoms with Crippen LogP contribution >= 0.6 is 0 Å². The van der Waals surface area contributed by atoms with Crippen LogP contribution in [0.2, 0.25) is 0 Å². The molecule has 4 rings (SSSR count). The molecule has 2 N–H and O–H groups in total. The molecular weight excluding hydrogens is 396 g/mol. The van der Waals surface area contributed by atoms with Gasteiger partial charge in [0.05, 0.1) is 12.2 Å². The largest absolute Gasteiger partial charge is 0.375 e. The Bertz CT molecular complexity index is 1270. The Morgan fingerprint density at radius 2 is 1.77 bits per heavy atom. The van der Waals surface area contributed by atoms with E-state index in [-0.39, 0.29) is 17.8 Å². The van der Waals surface area contributed by atoms with E-state index in [9.17, 15) is 14.4 Å². The normalized spacial score (nSPS) is 13.6. The molecule has 1 fully saturated rings. The highest BCUT2D eigenvalue weighted by Crippen LogP contribution is 2.26. The summed E-state index contributed by atoms with van der Waals surface area (Å²) in [5, 5.41) is 6.27. The number of carbonyl (C=O) groups excluding carboxylic acids is 1. The molecule has 9 nitrogen and oxygen atoms in total. The van der Waals surface area contributed by atoms with E-state index in [4.69, 9.17) is 0 Å². The summed E-state index contributed by atoms with van der Waals surface area (Å²) in [5.41, 5.74) is 1.62. The van der Waals surface area contributed by atoms with Gasteiger partial charge in [0.15, 0.2) is 5.65 Å². The lowest BCUT2D eigenvalue weighted by atomic mass is 10.2. The lowest BCUT2D eigenvalue weighted by Crippen LogP contribution is -2.38. The summed E-state index contributed by atoms with van der Waals surface area (Å²) in [4.78, 5) is 44.6. The van der Waals surface area contributed by atoms with E-state index in [1.807, 2.05) is 31.2 Å². The van der Waals surface area contributed by atoms with Crippen molar-refractivity contribution in [2.45, 2.75) is 19.8 Å². The van der Waals surface area contributed by atoms with Crippen molar-refractivity contribution in [2.24, 2.45) is 14.1 Å². The van der Waals surface area contributed by atoms with Gasteiger partial charge in [0.2, 0.25) is 5.91 Å². The topological polar surface area (TPSA) is 101 Å². The van der Waals surface area contributed by atoms with Gasteiger partial charge >= 0.3 is 5.69 Å². The molecule has 1 aliphatic rings. The molecule has 2 aromatic heterocycles. The molecule has 0 unspecified atom stereocenters. The zero-order valence-corrected chi connectivity index (χ0v) is 17.9. The molecular formula is C22H26N6O3. The molecule has 1 amide bonds. The first kappa shape index (κ1) is 20.6. The van der Waals surface area contributed by atoms with Gasteiger partial charge in [-0.15, -0.1) is 0 Å². The molecule has 162 valence electrons. The Balaban J connectivity index is 1.71. The maximum absolute atomic E-state index is 12.9. The first-order valence-corrected chi connectivity index (χ1v) is 10.3. The molecule has 3 heterocycles. The number of nitrogens with one attached hydrogen (secondary N) is 2. The summed E-state index contributed by atoms with van der Waals surface area (Å²) < 4.78 is 2.42. The van der Waals surface area contributed by atoms with Gasteiger partial charge in [0.25, 0.3) is 5.56 Å². The molecule has 1 saturated heterocycles. The van der Waals surface area contributed by atoms with Crippen LogP contribution < -0.4 is 26.8 Å². The minimum atomic E-state index is -0.444. The molecule has 1 aliphatic heterocycles. The van der Waals surface area contributed by atoms with E-state index in [1.165, 1.54) is 11.6 Å². The molecule has 31 heavy (non-hydrogen) atoms. The number of amides is 1. The maximum atomic E-state index is 12.9. The summed E-state index contributed by atoms with van der Waals surface area (Å²) in [5.74, 6) is 0.457. The first-order valence-electron chi connectivity index (χ1n) is 10.3. The molecule has 0 radical (unpaired) electrons. The van der Waals surface area contributed by atoms with E-state index in [0.29, 0.717) is 17.2 Å². The molecule has 0 bridgehead atoms. The molecule has 0 atom stereocenters. The lowest BCUT2D eigenvalue weighted by Gasteiger charge is -2.20. The van der Waals surface area contributed by atoms with Crippen molar-refractivity contribution in [2.75, 3.05) is 35.2 Å². The molecule has 0 saturated carbocycles. The van der Waals surface area contributed by atoms with Crippen molar-refractivity contribution >= 4 is 34.1 Å². The second-order valence-corrected chi connectivity index (χ2v) is 7.84. The van der Waals surface area contributed by atoms with Gasteiger partial charge in [-0.3, -0.25) is 18.7 Å². The zero-order chi connectivity index (χ0) is 22.1. The molecule has 1 aromatic carbocycles. The smallest absolute Gasteiger partial charge is 0.332 e. The van der Waals surface area contributed by atoms with Crippen LogP contribution in [-0.2, 0) is 18.9 Å². The second-order valence-electron chi connectivity index (χ2n) is 7.84. The quantitative estimate of drug-likeness (QED) is 0.648. The Kier molecular flexibility index (Phi) is 5.50. The minimum Gasteiger partial charge on any atom is -0.375 e. The zero-order valence-electron chi connectivity index (χ0n) is 17.9. The molecule has 9 heteroatoms. The van der Waals surface area contributed by atoms with Crippen molar-refractivity contribution < 1.29 is 4.79 Å². The second kappa shape index (κ2) is 8.25. The fraction of sp³-hybridized carbons (Fsp3) is 0.364. The third-order valence-corrected chi connectivity index (χ3v) is 5.69. The SMILES string of the molecule is Cc1ccccc1NC(=O)CNc1cc(N2CCCC2)nc2c1c(=O)n(C)c(=O)n2C. The molecule has 3 aromatic rings. The Morgan fingerprint density at radius 1 is 1.06 bits per heavy atom. The van der Waals surface area contributed by atoms with Gasteiger partial charge in [0, 0.05) is 38.9 Å². The van der Waals surface area contributed by atoms with Gasteiger partial charge in [-0.25, -0.2) is 9.78 Å². The molecule has 0 spiro atoms. The Hall–Kier alpha value is -3.62. The third kappa shape index (κ3) is 3.90. The Morgan fingerprint density at radius 3 is 2.48 bits per heavy atom. The summed E-state index contributed by atoms with van der Waals surface area (Å²) in [6.07, 6.45) is 2.13. The van der Waals surface area contributed by atoms with Crippen LogP contribution in [-0.4, -0.2) is 39.7 Å². The van der Waals surface area contributed by atoms with Crippen LogP contribution in [0.5, 0.6) is 0 Å². The van der Waals surface area contributed by atoms with Crippen LogP contribution in [0.15, 0.2) is 39.9 Å². The average Bonchev–Trinajstić information content (AvgIpc) is 3.31. The van der Waals surface area contributed by atoms with Gasteiger partial charge in [-0.2, -0.15) is 0 Å². The fourth-order valence-corrected chi connectivity index (χ4v) is 3.87. The van der Waals surface area contributed by atoms with Crippen LogP contribution in [0, 0.1) is 6.92 Å². The number of fused-ring (bicyclic) bond motifs is 1.